The van der Waals surface area contributed by atoms with Crippen molar-refractivity contribution in [2.24, 2.45) is 0 Å². The van der Waals surface area contributed by atoms with Crippen LogP contribution in [-0.2, 0) is 11.3 Å². The summed E-state index contributed by atoms with van der Waals surface area (Å²) in [5, 5.41) is 3.44. The standard InChI is InChI=1S/C25H26N3O2/c1-17(2)14-26-15-18-9-11-20(12-10-18)24-21(19-7-5-4-6-8-19)13-22-25(27-24)30-16-23(29)28(22)3/h4-13,26H,14-16H2,1-3H3. The first-order chi connectivity index (χ1) is 14.5. The smallest absolute Gasteiger partial charge is 0.264 e. The van der Waals surface area contributed by atoms with Gasteiger partial charge in [0, 0.05) is 31.3 Å². The largest absolute Gasteiger partial charge is 0.466 e. The Bertz CT molecular complexity index is 1030. The molecule has 0 bridgehead atoms. The van der Waals surface area contributed by atoms with Gasteiger partial charge in [-0.1, -0.05) is 68.4 Å². The van der Waals surface area contributed by atoms with Gasteiger partial charge in [-0.15, -0.1) is 0 Å². The lowest BCUT2D eigenvalue weighted by atomic mass is 9.97. The average Bonchev–Trinajstić information content (AvgIpc) is 2.76. The number of fused-ring (bicyclic) bond motifs is 1. The highest BCUT2D eigenvalue weighted by molar-refractivity contribution is 5.98. The molecule has 1 amide bonds. The minimum Gasteiger partial charge on any atom is -0.466 e. The fraction of sp³-hybridized carbons (Fsp3) is 0.240. The Morgan fingerprint density at radius 3 is 2.50 bits per heavy atom. The third-order valence-corrected chi connectivity index (χ3v) is 5.16. The van der Waals surface area contributed by atoms with Crippen LogP contribution in [0.3, 0.4) is 0 Å². The van der Waals surface area contributed by atoms with E-state index in [1.54, 1.807) is 11.9 Å². The van der Waals surface area contributed by atoms with Crippen LogP contribution in [0.25, 0.3) is 22.4 Å². The Hall–Kier alpha value is -3.18. The van der Waals surface area contributed by atoms with E-state index in [1.807, 2.05) is 24.3 Å². The van der Waals surface area contributed by atoms with Gasteiger partial charge in [-0.25, -0.2) is 4.98 Å². The van der Waals surface area contributed by atoms with Crippen molar-refractivity contribution in [1.29, 1.82) is 0 Å². The van der Waals surface area contributed by atoms with E-state index in [9.17, 15) is 4.79 Å². The number of rotatable bonds is 6. The predicted molar refractivity (Wildman–Crippen MR) is 120 cm³/mol. The van der Waals surface area contributed by atoms with E-state index in [1.165, 1.54) is 11.5 Å². The Kier molecular flexibility index (Phi) is 5.81. The topological polar surface area (TPSA) is 54.5 Å². The molecule has 5 nitrogen and oxygen atoms in total. The Labute approximate surface area is 177 Å². The van der Waals surface area contributed by atoms with Crippen molar-refractivity contribution < 1.29 is 9.53 Å². The molecule has 0 aliphatic carbocycles. The van der Waals surface area contributed by atoms with Gasteiger partial charge < -0.3 is 15.0 Å². The fourth-order valence-electron chi connectivity index (χ4n) is 3.49. The molecule has 30 heavy (non-hydrogen) atoms. The second-order valence-corrected chi connectivity index (χ2v) is 7.82. The van der Waals surface area contributed by atoms with Crippen molar-refractivity contribution in [3.8, 4) is 28.3 Å². The molecular weight excluding hydrogens is 374 g/mol. The van der Waals surface area contributed by atoms with E-state index in [0.29, 0.717) is 11.6 Å². The molecule has 0 spiro atoms. The van der Waals surface area contributed by atoms with Gasteiger partial charge in [-0.2, -0.15) is 0 Å². The summed E-state index contributed by atoms with van der Waals surface area (Å²) in [6.07, 6.45) is 0. The van der Waals surface area contributed by atoms with Gasteiger partial charge in [-0.05, 0) is 23.1 Å². The molecular formula is C25H26N3O2. The molecule has 1 aliphatic heterocycles. The van der Waals surface area contributed by atoms with E-state index >= 15 is 0 Å². The lowest BCUT2D eigenvalue weighted by Gasteiger charge is -2.26. The quantitative estimate of drug-likeness (QED) is 0.663. The molecule has 0 saturated carbocycles. The van der Waals surface area contributed by atoms with Crippen LogP contribution in [0.4, 0.5) is 5.69 Å². The number of benzene rings is 2. The van der Waals surface area contributed by atoms with Crippen molar-refractivity contribution in [2.75, 3.05) is 25.1 Å². The lowest BCUT2D eigenvalue weighted by molar-refractivity contribution is -0.121. The molecule has 1 radical (unpaired) electrons. The maximum Gasteiger partial charge on any atom is 0.264 e. The number of pyridine rings is 1. The van der Waals surface area contributed by atoms with Crippen molar-refractivity contribution in [3.63, 3.8) is 0 Å². The molecule has 1 N–H and O–H groups in total. The maximum absolute atomic E-state index is 12.1. The number of hydrogen-bond acceptors (Lipinski definition) is 4. The molecule has 0 unspecified atom stereocenters. The number of likely N-dealkylation sites (N-methyl/N-ethyl adjacent to an activating group) is 1. The van der Waals surface area contributed by atoms with Crippen LogP contribution < -0.4 is 15.0 Å². The normalized spacial score (nSPS) is 13.3. The number of aromatic nitrogens is 1. The molecule has 0 fully saturated rings. The lowest BCUT2D eigenvalue weighted by Crippen LogP contribution is -2.35. The van der Waals surface area contributed by atoms with Crippen molar-refractivity contribution in [2.45, 2.75) is 20.4 Å². The van der Waals surface area contributed by atoms with Crippen LogP contribution in [0.1, 0.15) is 19.4 Å². The zero-order valence-electron chi connectivity index (χ0n) is 17.6. The summed E-state index contributed by atoms with van der Waals surface area (Å²) in [6.45, 7) is 5.99. The predicted octanol–water partition coefficient (Wildman–Crippen LogP) is 4.47. The highest BCUT2D eigenvalue weighted by Crippen LogP contribution is 2.39. The summed E-state index contributed by atoms with van der Waals surface area (Å²) in [5.41, 5.74) is 5.80. The summed E-state index contributed by atoms with van der Waals surface area (Å²) < 4.78 is 5.64. The summed E-state index contributed by atoms with van der Waals surface area (Å²) in [6, 6.07) is 20.6. The second-order valence-electron chi connectivity index (χ2n) is 7.82. The van der Waals surface area contributed by atoms with Gasteiger partial charge in [0.1, 0.15) is 5.69 Å². The van der Waals surface area contributed by atoms with E-state index < -0.39 is 0 Å². The summed E-state index contributed by atoms with van der Waals surface area (Å²) in [4.78, 5) is 18.5. The zero-order valence-corrected chi connectivity index (χ0v) is 17.6. The first-order valence-corrected chi connectivity index (χ1v) is 10.1. The van der Waals surface area contributed by atoms with E-state index in [2.05, 4.69) is 55.6 Å². The van der Waals surface area contributed by atoms with Crippen molar-refractivity contribution in [1.82, 2.24) is 10.3 Å². The second kappa shape index (κ2) is 8.67. The van der Waals surface area contributed by atoms with Crippen LogP contribution in [0.2, 0.25) is 0 Å². The summed E-state index contributed by atoms with van der Waals surface area (Å²) in [7, 11) is 1.76. The van der Waals surface area contributed by atoms with E-state index in [0.717, 1.165) is 35.5 Å². The van der Waals surface area contributed by atoms with Gasteiger partial charge >= 0.3 is 0 Å². The average molecular weight is 401 g/mol. The van der Waals surface area contributed by atoms with Gasteiger partial charge in [-0.3, -0.25) is 4.79 Å². The minimum atomic E-state index is -0.0764. The van der Waals surface area contributed by atoms with Gasteiger partial charge in [0.05, 0.1) is 5.69 Å². The highest BCUT2D eigenvalue weighted by Gasteiger charge is 2.26. The summed E-state index contributed by atoms with van der Waals surface area (Å²) >= 11 is 0. The van der Waals surface area contributed by atoms with Crippen LogP contribution in [0.15, 0.2) is 60.7 Å². The summed E-state index contributed by atoms with van der Waals surface area (Å²) in [5.74, 6) is 1.78. The number of carbonyl (C=O) groups excluding carboxylic acids is 1. The van der Waals surface area contributed by atoms with E-state index in [-0.39, 0.29) is 12.5 Å². The number of anilines is 1. The maximum atomic E-state index is 12.1. The first kappa shape index (κ1) is 20.1. The third-order valence-electron chi connectivity index (χ3n) is 5.16. The molecule has 3 aromatic rings. The molecule has 5 heteroatoms. The Morgan fingerprint density at radius 1 is 1.07 bits per heavy atom. The molecule has 2 aromatic carbocycles. The fourth-order valence-corrected chi connectivity index (χ4v) is 3.49. The van der Waals surface area contributed by atoms with Crippen LogP contribution in [0, 0.1) is 5.92 Å². The molecule has 1 aliphatic rings. The third kappa shape index (κ3) is 4.21. The van der Waals surface area contributed by atoms with Crippen molar-refractivity contribution in [3.05, 3.63) is 72.1 Å². The number of hydrogen-bond donors (Lipinski definition) is 1. The van der Waals surface area contributed by atoms with Crippen molar-refractivity contribution >= 4 is 11.6 Å². The molecule has 0 atom stereocenters. The van der Waals surface area contributed by atoms with Gasteiger partial charge in [0.15, 0.2) is 6.61 Å². The zero-order chi connectivity index (χ0) is 21.1. The number of amides is 1. The number of nitrogens with one attached hydrogen (secondary N) is 1. The molecule has 4 rings (SSSR count). The first-order valence-electron chi connectivity index (χ1n) is 10.1. The highest BCUT2D eigenvalue weighted by atomic mass is 16.5. The van der Waals surface area contributed by atoms with E-state index in [4.69, 9.17) is 9.72 Å². The van der Waals surface area contributed by atoms with Crippen LogP contribution in [0.5, 0.6) is 5.88 Å². The molecule has 1 aromatic heterocycles. The SMILES string of the molecule is C[C](C)CNCc1ccc(-c2nc3c(cc2-c2ccccc2)N(C)C(=O)CO3)cc1. The number of carbonyl (C=O) groups is 1. The van der Waals surface area contributed by atoms with Gasteiger partial charge in [0.25, 0.3) is 5.91 Å². The minimum absolute atomic E-state index is 0.0130. The molecule has 153 valence electrons. The Morgan fingerprint density at radius 2 is 1.80 bits per heavy atom. The van der Waals surface area contributed by atoms with Gasteiger partial charge in [0.2, 0.25) is 5.88 Å². The number of nitrogens with zero attached hydrogens (tertiary/aromatic N) is 2. The molecule has 0 saturated heterocycles. The number of ether oxygens (including phenoxy) is 1. The van der Waals surface area contributed by atoms with Crippen LogP contribution >= 0.6 is 0 Å². The monoisotopic (exact) mass is 400 g/mol. The Balaban J connectivity index is 1.72. The van der Waals surface area contributed by atoms with Crippen LogP contribution in [-0.4, -0.2) is 31.1 Å². The molecule has 2 heterocycles.